The number of carbonyl (C=O) groups excluding carboxylic acids is 1. The van der Waals surface area contributed by atoms with E-state index in [1.165, 1.54) is 0 Å². The molecule has 1 heterocycles. The van der Waals surface area contributed by atoms with E-state index in [4.69, 9.17) is 4.74 Å². The lowest BCUT2D eigenvalue weighted by atomic mass is 10.1. The zero-order valence-electron chi connectivity index (χ0n) is 7.42. The molecule has 0 radical (unpaired) electrons. The summed E-state index contributed by atoms with van der Waals surface area (Å²) in [5.74, 6) is 0.815. The highest BCUT2D eigenvalue weighted by molar-refractivity contribution is 9.10. The Kier molecular flexibility index (Phi) is 2.46. The molecule has 0 saturated heterocycles. The molecule has 14 heavy (non-hydrogen) atoms. The number of aldehydes is 1. The van der Waals surface area contributed by atoms with Gasteiger partial charge in [-0.05, 0) is 27.6 Å². The second-order valence-corrected chi connectivity index (χ2v) is 3.95. The molecule has 0 amide bonds. The largest absolute Gasteiger partial charge is 0.506 e. The molecule has 1 aromatic carbocycles. The van der Waals surface area contributed by atoms with Gasteiger partial charge >= 0.3 is 0 Å². The average molecular weight is 257 g/mol. The number of rotatable bonds is 2. The average Bonchev–Trinajstić information content (AvgIpc) is 2.62. The highest BCUT2D eigenvalue weighted by atomic mass is 79.9. The number of phenols is 1. The molecule has 1 aliphatic rings. The SMILES string of the molecule is O=CCc1cc2c(c(Br)c1O)OCC2. The maximum Gasteiger partial charge on any atom is 0.140 e. The van der Waals surface area contributed by atoms with Crippen LogP contribution in [-0.4, -0.2) is 18.0 Å². The number of halogens is 1. The summed E-state index contributed by atoms with van der Waals surface area (Å²) >= 11 is 3.26. The van der Waals surface area contributed by atoms with E-state index < -0.39 is 0 Å². The van der Waals surface area contributed by atoms with Crippen LogP contribution in [0.5, 0.6) is 11.5 Å². The Bertz CT molecular complexity index is 387. The quantitative estimate of drug-likeness (QED) is 0.822. The van der Waals surface area contributed by atoms with Crippen LogP contribution in [0.1, 0.15) is 11.1 Å². The minimum Gasteiger partial charge on any atom is -0.506 e. The van der Waals surface area contributed by atoms with Crippen molar-refractivity contribution in [3.63, 3.8) is 0 Å². The normalized spacial score (nSPS) is 13.5. The minimum absolute atomic E-state index is 0.109. The Morgan fingerprint density at radius 2 is 2.43 bits per heavy atom. The minimum atomic E-state index is 0.109. The summed E-state index contributed by atoms with van der Waals surface area (Å²) in [4.78, 5) is 10.4. The third-order valence-corrected chi connectivity index (χ3v) is 3.01. The molecule has 0 fully saturated rings. The fourth-order valence-corrected chi connectivity index (χ4v) is 2.21. The zero-order valence-corrected chi connectivity index (χ0v) is 9.00. The molecular weight excluding hydrogens is 248 g/mol. The summed E-state index contributed by atoms with van der Waals surface area (Å²) < 4.78 is 5.91. The number of ether oxygens (including phenoxy) is 1. The molecule has 0 aliphatic carbocycles. The highest BCUT2D eigenvalue weighted by Gasteiger charge is 2.20. The summed E-state index contributed by atoms with van der Waals surface area (Å²) in [6.45, 7) is 0.637. The smallest absolute Gasteiger partial charge is 0.140 e. The number of fused-ring (bicyclic) bond motifs is 1. The van der Waals surface area contributed by atoms with Gasteiger partial charge in [0.1, 0.15) is 22.3 Å². The van der Waals surface area contributed by atoms with E-state index in [1.807, 2.05) is 6.07 Å². The monoisotopic (exact) mass is 256 g/mol. The van der Waals surface area contributed by atoms with Crippen molar-refractivity contribution in [3.8, 4) is 11.5 Å². The Balaban J connectivity index is 2.54. The Morgan fingerprint density at radius 3 is 3.14 bits per heavy atom. The van der Waals surface area contributed by atoms with Gasteiger partial charge in [0, 0.05) is 18.4 Å². The van der Waals surface area contributed by atoms with Crippen LogP contribution in [0.2, 0.25) is 0 Å². The van der Waals surface area contributed by atoms with E-state index in [0.717, 1.165) is 18.3 Å². The number of hydrogen-bond acceptors (Lipinski definition) is 3. The third kappa shape index (κ3) is 1.39. The predicted molar refractivity (Wildman–Crippen MR) is 54.8 cm³/mol. The van der Waals surface area contributed by atoms with Crippen molar-refractivity contribution in [1.82, 2.24) is 0 Å². The first-order chi connectivity index (χ1) is 6.74. The molecular formula is C10H9BrO3. The van der Waals surface area contributed by atoms with Crippen LogP contribution in [-0.2, 0) is 17.6 Å². The van der Waals surface area contributed by atoms with Crippen LogP contribution >= 0.6 is 15.9 Å². The van der Waals surface area contributed by atoms with Gasteiger partial charge in [-0.2, -0.15) is 0 Å². The maximum atomic E-state index is 10.4. The summed E-state index contributed by atoms with van der Waals surface area (Å²) in [5, 5.41) is 9.71. The van der Waals surface area contributed by atoms with Crippen molar-refractivity contribution >= 4 is 22.2 Å². The summed E-state index contributed by atoms with van der Waals surface area (Å²) in [6, 6.07) is 1.83. The van der Waals surface area contributed by atoms with Crippen LogP contribution in [0.4, 0.5) is 0 Å². The Labute approximate surface area is 89.8 Å². The van der Waals surface area contributed by atoms with Crippen molar-refractivity contribution < 1.29 is 14.6 Å². The molecule has 74 valence electrons. The van der Waals surface area contributed by atoms with Crippen molar-refractivity contribution in [2.75, 3.05) is 6.61 Å². The number of carbonyl (C=O) groups is 1. The van der Waals surface area contributed by atoms with Gasteiger partial charge in [0.25, 0.3) is 0 Å². The molecule has 3 nitrogen and oxygen atoms in total. The van der Waals surface area contributed by atoms with E-state index in [9.17, 15) is 9.90 Å². The molecule has 0 unspecified atom stereocenters. The molecule has 0 atom stereocenters. The lowest BCUT2D eigenvalue weighted by molar-refractivity contribution is -0.107. The summed E-state index contributed by atoms with van der Waals surface area (Å²) in [7, 11) is 0. The summed E-state index contributed by atoms with van der Waals surface area (Å²) in [6.07, 6.45) is 1.85. The van der Waals surface area contributed by atoms with Crippen LogP contribution in [0.3, 0.4) is 0 Å². The summed E-state index contributed by atoms with van der Waals surface area (Å²) in [5.41, 5.74) is 1.70. The van der Waals surface area contributed by atoms with Crippen molar-refractivity contribution in [2.24, 2.45) is 0 Å². The molecule has 0 bridgehead atoms. The van der Waals surface area contributed by atoms with Gasteiger partial charge in [-0.3, -0.25) is 0 Å². The molecule has 1 aromatic rings. The van der Waals surface area contributed by atoms with E-state index in [1.54, 1.807) is 0 Å². The molecule has 0 saturated carbocycles. The molecule has 0 aromatic heterocycles. The van der Waals surface area contributed by atoms with Gasteiger partial charge < -0.3 is 14.6 Å². The zero-order chi connectivity index (χ0) is 10.1. The number of hydrogen-bond donors (Lipinski definition) is 1. The van der Waals surface area contributed by atoms with E-state index >= 15 is 0 Å². The third-order valence-electron chi connectivity index (χ3n) is 2.27. The van der Waals surface area contributed by atoms with Crippen molar-refractivity contribution in [1.29, 1.82) is 0 Å². The molecule has 4 heteroatoms. The first kappa shape index (κ1) is 9.52. The van der Waals surface area contributed by atoms with Crippen LogP contribution in [0.25, 0.3) is 0 Å². The lowest BCUT2D eigenvalue weighted by Crippen LogP contribution is -1.91. The highest BCUT2D eigenvalue weighted by Crippen LogP contribution is 2.42. The van der Waals surface area contributed by atoms with Crippen LogP contribution in [0, 0.1) is 0 Å². The van der Waals surface area contributed by atoms with Gasteiger partial charge in [0.15, 0.2) is 0 Å². The van der Waals surface area contributed by atoms with Crippen LogP contribution in [0.15, 0.2) is 10.5 Å². The Morgan fingerprint density at radius 1 is 1.64 bits per heavy atom. The standard InChI is InChI=1S/C10H9BrO3/c11-8-9(13)6(1-3-12)5-7-2-4-14-10(7)8/h3,5,13H,1-2,4H2. The Hall–Kier alpha value is -1.03. The van der Waals surface area contributed by atoms with Crippen molar-refractivity contribution in [2.45, 2.75) is 12.8 Å². The van der Waals surface area contributed by atoms with E-state index in [-0.39, 0.29) is 12.2 Å². The van der Waals surface area contributed by atoms with Gasteiger partial charge in [-0.25, -0.2) is 0 Å². The van der Waals surface area contributed by atoms with Gasteiger partial charge in [0.2, 0.25) is 0 Å². The van der Waals surface area contributed by atoms with E-state index in [2.05, 4.69) is 15.9 Å². The van der Waals surface area contributed by atoms with Crippen LogP contribution < -0.4 is 4.74 Å². The first-order valence-corrected chi connectivity index (χ1v) is 5.13. The molecule has 2 rings (SSSR count). The maximum absolute atomic E-state index is 10.4. The second-order valence-electron chi connectivity index (χ2n) is 3.16. The molecule has 1 N–H and O–H groups in total. The number of aromatic hydroxyl groups is 1. The predicted octanol–water partition coefficient (Wildman–Crippen LogP) is 1.83. The first-order valence-electron chi connectivity index (χ1n) is 4.33. The second kappa shape index (κ2) is 3.61. The lowest BCUT2D eigenvalue weighted by Gasteiger charge is -2.08. The van der Waals surface area contributed by atoms with Gasteiger partial charge in [-0.15, -0.1) is 0 Å². The number of benzene rings is 1. The fraction of sp³-hybridized carbons (Fsp3) is 0.300. The van der Waals surface area contributed by atoms with Gasteiger partial charge in [0.05, 0.1) is 6.61 Å². The van der Waals surface area contributed by atoms with Crippen molar-refractivity contribution in [3.05, 3.63) is 21.7 Å². The topological polar surface area (TPSA) is 46.5 Å². The fourth-order valence-electron chi connectivity index (χ4n) is 1.58. The van der Waals surface area contributed by atoms with E-state index in [0.29, 0.717) is 22.4 Å². The molecule has 1 aliphatic heterocycles. The van der Waals surface area contributed by atoms with Gasteiger partial charge in [-0.1, -0.05) is 0 Å². The molecule has 0 spiro atoms. The number of phenolic OH excluding ortho intramolecular Hbond substituents is 1.